The second-order valence-electron chi connectivity index (χ2n) is 3.04. The minimum atomic E-state index is -1.14. The lowest BCUT2D eigenvalue weighted by Crippen LogP contribution is -2.04. The molecule has 1 aromatic rings. The third-order valence-electron chi connectivity index (χ3n) is 1.91. The van der Waals surface area contributed by atoms with Crippen LogP contribution in [0.15, 0.2) is 18.2 Å². The average molecular weight is 233 g/mol. The van der Waals surface area contributed by atoms with E-state index in [2.05, 4.69) is 16.6 Å². The maximum atomic E-state index is 11.0. The zero-order valence-corrected chi connectivity index (χ0v) is 9.19. The molecule has 0 bridgehead atoms. The molecular weight excluding hydrogens is 222 g/mol. The molecule has 0 aromatic heterocycles. The molecule has 3 N–H and O–H groups in total. The molecule has 17 heavy (non-hydrogen) atoms. The van der Waals surface area contributed by atoms with E-state index in [1.165, 1.54) is 18.2 Å². The van der Waals surface area contributed by atoms with E-state index >= 15 is 0 Å². The van der Waals surface area contributed by atoms with Gasteiger partial charge in [-0.1, -0.05) is 12.0 Å². The Hall–Kier alpha value is -2.48. The van der Waals surface area contributed by atoms with Gasteiger partial charge in [-0.2, -0.15) is 0 Å². The Morgan fingerprint density at radius 1 is 1.47 bits per heavy atom. The summed E-state index contributed by atoms with van der Waals surface area (Å²) in [4.78, 5) is 21.8. The predicted molar refractivity (Wildman–Crippen MR) is 61.3 cm³/mol. The van der Waals surface area contributed by atoms with Gasteiger partial charge in [-0.15, -0.1) is 0 Å². The Bertz CT molecular complexity index is 511. The summed E-state index contributed by atoms with van der Waals surface area (Å²) in [6.07, 6.45) is 0. The van der Waals surface area contributed by atoms with Gasteiger partial charge in [-0.3, -0.25) is 0 Å². The Labute approximate surface area is 98.2 Å². The van der Waals surface area contributed by atoms with Crippen LogP contribution in [-0.4, -0.2) is 23.7 Å². The van der Waals surface area contributed by atoms with Crippen molar-refractivity contribution >= 4 is 17.6 Å². The molecule has 0 spiro atoms. The largest absolute Gasteiger partial charge is 0.478 e. The van der Waals surface area contributed by atoms with Crippen LogP contribution in [0.4, 0.5) is 5.69 Å². The van der Waals surface area contributed by atoms with Gasteiger partial charge in [0.1, 0.15) is 0 Å². The first-order valence-electron chi connectivity index (χ1n) is 4.86. The van der Waals surface area contributed by atoms with E-state index in [4.69, 9.17) is 10.8 Å². The van der Waals surface area contributed by atoms with Crippen LogP contribution in [0.3, 0.4) is 0 Å². The molecule has 0 radical (unpaired) electrons. The van der Waals surface area contributed by atoms with Crippen molar-refractivity contribution in [3.63, 3.8) is 0 Å². The molecule has 1 rings (SSSR count). The molecule has 0 saturated heterocycles. The maximum Gasteiger partial charge on any atom is 0.384 e. The van der Waals surface area contributed by atoms with Gasteiger partial charge in [-0.25, -0.2) is 9.59 Å². The maximum absolute atomic E-state index is 11.0. The smallest absolute Gasteiger partial charge is 0.384 e. The number of hydrogen-bond donors (Lipinski definition) is 2. The van der Waals surface area contributed by atoms with Crippen LogP contribution in [0, 0.1) is 11.8 Å². The van der Waals surface area contributed by atoms with Crippen molar-refractivity contribution in [3.05, 3.63) is 29.3 Å². The third-order valence-corrected chi connectivity index (χ3v) is 1.91. The van der Waals surface area contributed by atoms with Crippen molar-refractivity contribution in [1.82, 2.24) is 0 Å². The number of hydrogen-bond acceptors (Lipinski definition) is 4. The predicted octanol–water partition coefficient (Wildman–Crippen LogP) is 0.882. The number of ether oxygens (including phenoxy) is 1. The molecule has 0 unspecified atom stereocenters. The summed E-state index contributed by atoms with van der Waals surface area (Å²) in [7, 11) is 0. The zero-order chi connectivity index (χ0) is 12.8. The Balaban J connectivity index is 3.04. The molecule has 0 amide bonds. The van der Waals surface area contributed by atoms with Crippen LogP contribution >= 0.6 is 0 Å². The third kappa shape index (κ3) is 3.24. The van der Waals surface area contributed by atoms with E-state index in [1.54, 1.807) is 6.92 Å². The van der Waals surface area contributed by atoms with Gasteiger partial charge in [0.2, 0.25) is 0 Å². The van der Waals surface area contributed by atoms with Gasteiger partial charge in [0.15, 0.2) is 0 Å². The normalized spacial score (nSPS) is 9.00. The first kappa shape index (κ1) is 12.6. The number of carboxylic acid groups (broad SMARTS) is 1. The van der Waals surface area contributed by atoms with Crippen molar-refractivity contribution in [2.75, 3.05) is 12.3 Å². The number of carbonyl (C=O) groups excluding carboxylic acids is 1. The number of nitrogen functional groups attached to an aromatic ring is 1. The lowest BCUT2D eigenvalue weighted by molar-refractivity contribution is -0.136. The summed E-state index contributed by atoms with van der Waals surface area (Å²) >= 11 is 0. The van der Waals surface area contributed by atoms with Crippen molar-refractivity contribution in [3.8, 4) is 11.8 Å². The standard InChI is InChI=1S/C12H11NO4/c1-2-17-10(14)7-6-8-4-3-5-9(11(8)13)12(15)16/h3-5H,2,13H2,1H3,(H,15,16). The highest BCUT2D eigenvalue weighted by Crippen LogP contribution is 2.16. The van der Waals surface area contributed by atoms with E-state index in [9.17, 15) is 9.59 Å². The van der Waals surface area contributed by atoms with Crippen molar-refractivity contribution in [1.29, 1.82) is 0 Å². The van der Waals surface area contributed by atoms with Gasteiger partial charge >= 0.3 is 11.9 Å². The van der Waals surface area contributed by atoms with Crippen LogP contribution in [0.2, 0.25) is 0 Å². The summed E-state index contributed by atoms with van der Waals surface area (Å²) in [5.41, 5.74) is 5.90. The molecule has 0 heterocycles. The van der Waals surface area contributed by atoms with E-state index in [1.807, 2.05) is 0 Å². The second-order valence-corrected chi connectivity index (χ2v) is 3.04. The first-order valence-corrected chi connectivity index (χ1v) is 4.86. The number of rotatable bonds is 2. The molecule has 0 saturated carbocycles. The van der Waals surface area contributed by atoms with E-state index < -0.39 is 11.9 Å². The number of benzene rings is 1. The topological polar surface area (TPSA) is 89.6 Å². The fourth-order valence-corrected chi connectivity index (χ4v) is 1.15. The number of esters is 1. The number of para-hydroxylation sites is 1. The molecule has 0 aliphatic rings. The Morgan fingerprint density at radius 3 is 2.76 bits per heavy atom. The minimum Gasteiger partial charge on any atom is -0.478 e. The molecule has 0 aliphatic carbocycles. The van der Waals surface area contributed by atoms with E-state index in [0.717, 1.165) is 0 Å². The highest BCUT2D eigenvalue weighted by atomic mass is 16.5. The summed E-state index contributed by atoms with van der Waals surface area (Å²) in [5.74, 6) is 2.89. The number of nitrogens with two attached hydrogens (primary N) is 1. The number of aromatic carboxylic acids is 1. The van der Waals surface area contributed by atoms with Gasteiger partial charge in [0, 0.05) is 11.5 Å². The van der Waals surface area contributed by atoms with Crippen LogP contribution < -0.4 is 5.73 Å². The summed E-state index contributed by atoms with van der Waals surface area (Å²) in [6.45, 7) is 1.90. The number of anilines is 1. The molecule has 88 valence electrons. The van der Waals surface area contributed by atoms with Crippen molar-refractivity contribution in [2.45, 2.75) is 6.92 Å². The van der Waals surface area contributed by atoms with Crippen LogP contribution in [0.25, 0.3) is 0 Å². The summed E-state index contributed by atoms with van der Waals surface area (Å²) in [6, 6.07) is 4.41. The van der Waals surface area contributed by atoms with Crippen LogP contribution in [0.5, 0.6) is 0 Å². The molecule has 5 heteroatoms. The quantitative estimate of drug-likeness (QED) is 0.449. The average Bonchev–Trinajstić information content (AvgIpc) is 2.27. The first-order chi connectivity index (χ1) is 8.06. The fourth-order valence-electron chi connectivity index (χ4n) is 1.15. The highest BCUT2D eigenvalue weighted by Gasteiger charge is 2.09. The fraction of sp³-hybridized carbons (Fsp3) is 0.167. The lowest BCUT2D eigenvalue weighted by atomic mass is 10.1. The van der Waals surface area contributed by atoms with Gasteiger partial charge in [-0.05, 0) is 19.1 Å². The Morgan fingerprint density at radius 2 is 2.18 bits per heavy atom. The van der Waals surface area contributed by atoms with Crippen molar-refractivity contribution in [2.24, 2.45) is 0 Å². The van der Waals surface area contributed by atoms with Crippen molar-refractivity contribution < 1.29 is 19.4 Å². The molecule has 1 aromatic carbocycles. The molecule has 0 fully saturated rings. The molecule has 5 nitrogen and oxygen atoms in total. The summed E-state index contributed by atoms with van der Waals surface area (Å²) < 4.78 is 4.61. The Kier molecular flexibility index (Phi) is 4.12. The van der Waals surface area contributed by atoms with Crippen LogP contribution in [-0.2, 0) is 9.53 Å². The van der Waals surface area contributed by atoms with E-state index in [-0.39, 0.29) is 23.4 Å². The van der Waals surface area contributed by atoms with Gasteiger partial charge in [0.05, 0.1) is 17.9 Å². The second kappa shape index (κ2) is 5.56. The van der Waals surface area contributed by atoms with Crippen LogP contribution in [0.1, 0.15) is 22.8 Å². The minimum absolute atomic E-state index is 0.0387. The zero-order valence-electron chi connectivity index (χ0n) is 9.19. The van der Waals surface area contributed by atoms with Gasteiger partial charge in [0.25, 0.3) is 0 Å². The SMILES string of the molecule is CCOC(=O)C#Cc1cccc(C(=O)O)c1N. The number of carboxylic acids is 1. The highest BCUT2D eigenvalue weighted by molar-refractivity contribution is 5.96. The molecule has 0 atom stereocenters. The van der Waals surface area contributed by atoms with E-state index in [0.29, 0.717) is 0 Å². The lowest BCUT2D eigenvalue weighted by Gasteiger charge is -2.02. The summed E-state index contributed by atoms with van der Waals surface area (Å²) in [5, 5.41) is 8.83. The van der Waals surface area contributed by atoms with Gasteiger partial charge < -0.3 is 15.6 Å². The monoisotopic (exact) mass is 233 g/mol. The number of carbonyl (C=O) groups is 2. The molecular formula is C12H11NO4. The molecule has 0 aliphatic heterocycles.